The Kier molecular flexibility index (Phi) is 6.28. The molecule has 8 heteroatoms. The van der Waals surface area contributed by atoms with E-state index in [1.807, 2.05) is 42.2 Å². The Hall–Kier alpha value is -2.00. The first-order valence-electron chi connectivity index (χ1n) is 9.48. The van der Waals surface area contributed by atoms with E-state index in [-0.39, 0.29) is 0 Å². The van der Waals surface area contributed by atoms with Crippen molar-refractivity contribution in [3.8, 4) is 5.75 Å². The molecule has 0 saturated carbocycles. The van der Waals surface area contributed by atoms with Gasteiger partial charge in [-0.2, -0.15) is 8.42 Å². The number of piperidine rings is 1. The van der Waals surface area contributed by atoms with Crippen LogP contribution in [0.5, 0.6) is 5.75 Å². The van der Waals surface area contributed by atoms with Gasteiger partial charge in [0.2, 0.25) is 0 Å². The second kappa shape index (κ2) is 8.39. The van der Waals surface area contributed by atoms with Gasteiger partial charge in [-0.3, -0.25) is 9.08 Å². The molecule has 2 unspecified atom stereocenters. The number of benzene rings is 2. The predicted molar refractivity (Wildman–Crippen MR) is 107 cm³/mol. The summed E-state index contributed by atoms with van der Waals surface area (Å²) in [5.74, 6) is -1.35. The third-order valence-electron chi connectivity index (χ3n) is 5.53. The second-order valence-corrected chi connectivity index (χ2v) is 9.21. The minimum absolute atomic E-state index is 0.321. The van der Waals surface area contributed by atoms with Gasteiger partial charge in [0.05, 0.1) is 11.9 Å². The number of hydrogen-bond acceptors (Lipinski definition) is 6. The van der Waals surface area contributed by atoms with E-state index in [9.17, 15) is 23.0 Å². The lowest BCUT2D eigenvalue weighted by Crippen LogP contribution is -2.48. The minimum atomic E-state index is -3.80. The number of aliphatic hydroxyl groups is 1. The molecule has 0 aromatic heterocycles. The first-order chi connectivity index (χ1) is 13.6. The van der Waals surface area contributed by atoms with Crippen molar-refractivity contribution in [2.45, 2.75) is 37.5 Å². The largest absolute Gasteiger partial charge is 0.505 e. The summed E-state index contributed by atoms with van der Waals surface area (Å²) in [7, 11) is -3.80. The molecule has 0 amide bonds. The Morgan fingerprint density at radius 3 is 2.31 bits per heavy atom. The van der Waals surface area contributed by atoms with E-state index >= 15 is 0 Å². The highest BCUT2D eigenvalue weighted by Crippen LogP contribution is 2.36. The number of phenolic OH excluding ortho intramolecular Hbond substituents is 1. The summed E-state index contributed by atoms with van der Waals surface area (Å²) in [4.78, 5) is 2.03. The van der Waals surface area contributed by atoms with E-state index in [1.54, 1.807) is 0 Å². The summed E-state index contributed by atoms with van der Waals surface area (Å²) >= 11 is 0. The van der Waals surface area contributed by atoms with Crippen LogP contribution in [0, 0.1) is 5.82 Å². The Morgan fingerprint density at radius 2 is 1.76 bits per heavy atom. The average molecular weight is 424 g/mol. The molecule has 0 aliphatic carbocycles. The van der Waals surface area contributed by atoms with Gasteiger partial charge in [0.15, 0.2) is 11.6 Å². The van der Waals surface area contributed by atoms with Gasteiger partial charge >= 0.3 is 0 Å². The molecule has 0 radical (unpaired) electrons. The number of aromatic hydroxyl groups is 1. The maximum Gasteiger partial charge on any atom is 0.265 e. The molecular formula is C21H26FNO5S. The number of likely N-dealkylation sites (tertiary alicyclic amines) is 1. The van der Waals surface area contributed by atoms with Crippen LogP contribution in [0.1, 0.15) is 37.0 Å². The fourth-order valence-electron chi connectivity index (χ4n) is 3.83. The maximum absolute atomic E-state index is 13.9. The minimum Gasteiger partial charge on any atom is -0.505 e. The van der Waals surface area contributed by atoms with Crippen LogP contribution in [-0.4, -0.2) is 48.9 Å². The van der Waals surface area contributed by atoms with Crippen molar-refractivity contribution in [2.75, 3.05) is 19.3 Å². The van der Waals surface area contributed by atoms with Crippen LogP contribution in [0.25, 0.3) is 0 Å². The van der Waals surface area contributed by atoms with Crippen LogP contribution < -0.4 is 0 Å². The zero-order valence-corrected chi connectivity index (χ0v) is 17.3. The maximum atomic E-state index is 13.9. The molecule has 1 fully saturated rings. The molecular weight excluding hydrogens is 397 g/mol. The lowest BCUT2D eigenvalue weighted by atomic mass is 9.83. The van der Waals surface area contributed by atoms with Crippen LogP contribution >= 0.6 is 0 Å². The first kappa shape index (κ1) is 21.7. The van der Waals surface area contributed by atoms with E-state index in [0.29, 0.717) is 31.5 Å². The molecule has 2 aromatic rings. The second-order valence-electron chi connectivity index (χ2n) is 7.61. The van der Waals surface area contributed by atoms with Gasteiger partial charge in [0.1, 0.15) is 6.10 Å². The Labute approximate surface area is 170 Å². The molecule has 2 N–H and O–H groups in total. The summed E-state index contributed by atoms with van der Waals surface area (Å²) in [6.45, 7) is 2.86. The highest BCUT2D eigenvalue weighted by molar-refractivity contribution is 7.86. The van der Waals surface area contributed by atoms with E-state index in [1.165, 1.54) is 12.1 Å². The molecule has 1 heterocycles. The zero-order valence-electron chi connectivity index (χ0n) is 16.5. The van der Waals surface area contributed by atoms with Crippen molar-refractivity contribution in [3.05, 3.63) is 65.5 Å². The standard InChI is InChI=1S/C21H26FNO5S/c1-15(20(28-29(2,26)27)16-8-9-19(24)18(22)14-16)23-12-10-21(25,11-13-23)17-6-4-3-5-7-17/h3-9,14-15,20,24-25H,10-13H2,1-2H3. The lowest BCUT2D eigenvalue weighted by molar-refractivity contribution is -0.0465. The lowest BCUT2D eigenvalue weighted by Gasteiger charge is -2.42. The molecule has 0 bridgehead atoms. The monoisotopic (exact) mass is 423 g/mol. The third-order valence-corrected chi connectivity index (χ3v) is 6.09. The molecule has 3 rings (SSSR count). The van der Waals surface area contributed by atoms with Crippen LogP contribution in [0.15, 0.2) is 48.5 Å². The Bertz CT molecular complexity index is 943. The SMILES string of the molecule is CC(C(OS(C)(=O)=O)c1ccc(O)c(F)c1)N1CCC(O)(c2ccccc2)CC1. The van der Waals surface area contributed by atoms with Crippen molar-refractivity contribution in [2.24, 2.45) is 0 Å². The topological polar surface area (TPSA) is 87.1 Å². The van der Waals surface area contributed by atoms with Gasteiger partial charge in [-0.1, -0.05) is 36.4 Å². The smallest absolute Gasteiger partial charge is 0.265 e. The zero-order chi connectivity index (χ0) is 21.2. The summed E-state index contributed by atoms with van der Waals surface area (Å²) < 4.78 is 42.8. The molecule has 29 heavy (non-hydrogen) atoms. The van der Waals surface area contributed by atoms with Gasteiger partial charge in [-0.05, 0) is 43.0 Å². The Balaban J connectivity index is 1.80. The van der Waals surface area contributed by atoms with Crippen LogP contribution in [0.3, 0.4) is 0 Å². The van der Waals surface area contributed by atoms with Gasteiger partial charge in [-0.15, -0.1) is 0 Å². The molecule has 0 spiro atoms. The van der Waals surface area contributed by atoms with Crippen molar-refractivity contribution in [1.29, 1.82) is 0 Å². The molecule has 158 valence electrons. The summed E-state index contributed by atoms with van der Waals surface area (Å²) in [5.41, 5.74) is 0.244. The molecule has 2 aromatic carbocycles. The number of phenols is 1. The first-order valence-corrected chi connectivity index (χ1v) is 11.3. The van der Waals surface area contributed by atoms with E-state index in [0.717, 1.165) is 17.9 Å². The van der Waals surface area contributed by atoms with Gasteiger partial charge in [0.25, 0.3) is 10.1 Å². The van der Waals surface area contributed by atoms with E-state index in [4.69, 9.17) is 4.18 Å². The molecule has 1 aliphatic heterocycles. The molecule has 1 aliphatic rings. The fraction of sp³-hybridized carbons (Fsp3) is 0.429. The predicted octanol–water partition coefficient (Wildman–Crippen LogP) is 2.92. The van der Waals surface area contributed by atoms with Gasteiger partial charge < -0.3 is 10.2 Å². The normalized spacial score (nSPS) is 19.6. The van der Waals surface area contributed by atoms with Crippen molar-refractivity contribution in [3.63, 3.8) is 0 Å². The highest BCUT2D eigenvalue weighted by Gasteiger charge is 2.38. The van der Waals surface area contributed by atoms with Crippen molar-refractivity contribution < 1.29 is 27.2 Å². The van der Waals surface area contributed by atoms with Crippen molar-refractivity contribution >= 4 is 10.1 Å². The third kappa shape index (κ3) is 5.14. The fourth-order valence-corrected chi connectivity index (χ4v) is 4.48. The summed E-state index contributed by atoms with van der Waals surface area (Å²) in [6.07, 6.45) is 0.977. The summed E-state index contributed by atoms with van der Waals surface area (Å²) in [6, 6.07) is 12.8. The summed E-state index contributed by atoms with van der Waals surface area (Å²) in [5, 5.41) is 20.5. The molecule has 1 saturated heterocycles. The molecule has 6 nitrogen and oxygen atoms in total. The quantitative estimate of drug-likeness (QED) is 0.695. The Morgan fingerprint density at radius 1 is 1.14 bits per heavy atom. The van der Waals surface area contributed by atoms with E-state index < -0.39 is 39.4 Å². The van der Waals surface area contributed by atoms with Crippen LogP contribution in [0.2, 0.25) is 0 Å². The van der Waals surface area contributed by atoms with Gasteiger partial charge in [-0.25, -0.2) is 4.39 Å². The number of halogens is 1. The molecule has 2 atom stereocenters. The number of nitrogens with zero attached hydrogens (tertiary/aromatic N) is 1. The highest BCUT2D eigenvalue weighted by atomic mass is 32.2. The van der Waals surface area contributed by atoms with E-state index in [2.05, 4.69) is 0 Å². The van der Waals surface area contributed by atoms with Crippen LogP contribution in [0.4, 0.5) is 4.39 Å². The number of rotatable bonds is 6. The number of hydrogen-bond donors (Lipinski definition) is 2. The van der Waals surface area contributed by atoms with Crippen molar-refractivity contribution in [1.82, 2.24) is 4.90 Å². The average Bonchev–Trinajstić information content (AvgIpc) is 2.68. The van der Waals surface area contributed by atoms with Gasteiger partial charge in [0, 0.05) is 19.1 Å². The van der Waals surface area contributed by atoms with Crippen LogP contribution in [-0.2, 0) is 19.9 Å².